The van der Waals surface area contributed by atoms with Gasteiger partial charge in [-0.05, 0) is 37.0 Å². The second-order valence-corrected chi connectivity index (χ2v) is 9.52. The summed E-state index contributed by atoms with van der Waals surface area (Å²) in [4.78, 5) is 27.5. The summed E-state index contributed by atoms with van der Waals surface area (Å²) in [5.41, 5.74) is 1.00. The average Bonchev–Trinajstić information content (AvgIpc) is 3.61. The van der Waals surface area contributed by atoms with Gasteiger partial charge in [0.25, 0.3) is 0 Å². The summed E-state index contributed by atoms with van der Waals surface area (Å²) in [5, 5.41) is 6.96. The second-order valence-electron chi connectivity index (χ2n) is 9.11. The molecule has 2 fully saturated rings. The molecular weight excluding hydrogens is 430 g/mol. The molecule has 32 heavy (non-hydrogen) atoms. The minimum absolute atomic E-state index is 0.0173. The predicted octanol–water partition coefficient (Wildman–Crippen LogP) is 3.00. The van der Waals surface area contributed by atoms with Crippen molar-refractivity contribution in [3.05, 3.63) is 28.8 Å². The van der Waals surface area contributed by atoms with Gasteiger partial charge in [-0.25, -0.2) is 0 Å². The summed E-state index contributed by atoms with van der Waals surface area (Å²) in [7, 11) is 1.67. The van der Waals surface area contributed by atoms with E-state index in [1.165, 1.54) is 0 Å². The van der Waals surface area contributed by atoms with Crippen molar-refractivity contribution < 1.29 is 19.1 Å². The molecule has 1 aliphatic heterocycles. The van der Waals surface area contributed by atoms with Gasteiger partial charge in [0.05, 0.1) is 17.5 Å². The van der Waals surface area contributed by atoms with Crippen molar-refractivity contribution in [2.24, 2.45) is 11.8 Å². The Balaban J connectivity index is 1.63. The Bertz CT molecular complexity index is 785. The molecule has 2 amide bonds. The highest BCUT2D eigenvalue weighted by Crippen LogP contribution is 2.32. The highest BCUT2D eigenvalue weighted by molar-refractivity contribution is 6.32. The van der Waals surface area contributed by atoms with Crippen molar-refractivity contribution in [3.8, 4) is 5.75 Å². The van der Waals surface area contributed by atoms with E-state index in [1.54, 1.807) is 7.11 Å². The molecule has 1 aromatic carbocycles. The van der Waals surface area contributed by atoms with Gasteiger partial charge >= 0.3 is 0 Å². The Labute approximate surface area is 196 Å². The van der Waals surface area contributed by atoms with E-state index in [0.717, 1.165) is 24.8 Å². The van der Waals surface area contributed by atoms with E-state index in [2.05, 4.69) is 10.6 Å². The summed E-state index contributed by atoms with van der Waals surface area (Å²) in [6.07, 6.45) is 3.52. The number of carbonyl (C=O) groups excluding carboxylic acids is 2. The van der Waals surface area contributed by atoms with Gasteiger partial charge in [0, 0.05) is 57.8 Å². The van der Waals surface area contributed by atoms with Crippen LogP contribution in [0.2, 0.25) is 5.02 Å². The highest BCUT2D eigenvalue weighted by atomic mass is 35.5. The molecule has 2 atom stereocenters. The maximum absolute atomic E-state index is 13.4. The van der Waals surface area contributed by atoms with Crippen LogP contribution in [0.1, 0.15) is 45.1 Å². The number of hydrogen-bond donors (Lipinski definition) is 2. The predicted molar refractivity (Wildman–Crippen MR) is 125 cm³/mol. The van der Waals surface area contributed by atoms with Crippen LogP contribution in [0.4, 0.5) is 0 Å². The SMILES string of the molecule is COCCCOc1cc(CN(C(=O)C2CNCC(NC(=O)C(C)C)C2)C2CC2)ccc1Cl. The van der Waals surface area contributed by atoms with Crippen LogP contribution in [0, 0.1) is 11.8 Å². The lowest BCUT2D eigenvalue weighted by atomic mass is 9.93. The van der Waals surface area contributed by atoms with Crippen LogP contribution < -0.4 is 15.4 Å². The first-order valence-corrected chi connectivity index (χ1v) is 12.0. The zero-order chi connectivity index (χ0) is 23.1. The van der Waals surface area contributed by atoms with E-state index in [4.69, 9.17) is 21.1 Å². The molecule has 2 aliphatic rings. The summed E-state index contributed by atoms with van der Waals surface area (Å²) >= 11 is 6.30. The molecule has 0 bridgehead atoms. The molecule has 7 nitrogen and oxygen atoms in total. The number of ether oxygens (including phenoxy) is 2. The van der Waals surface area contributed by atoms with E-state index in [1.807, 2.05) is 36.9 Å². The lowest BCUT2D eigenvalue weighted by molar-refractivity contribution is -0.138. The molecule has 1 saturated carbocycles. The average molecular weight is 466 g/mol. The van der Waals surface area contributed by atoms with Crippen molar-refractivity contribution in [2.75, 3.05) is 33.4 Å². The third-order valence-electron chi connectivity index (χ3n) is 5.94. The molecule has 1 aromatic rings. The van der Waals surface area contributed by atoms with Crippen molar-refractivity contribution in [1.29, 1.82) is 0 Å². The van der Waals surface area contributed by atoms with Gasteiger partial charge in [-0.15, -0.1) is 0 Å². The number of piperidine rings is 1. The number of nitrogens with one attached hydrogen (secondary N) is 2. The Morgan fingerprint density at radius 2 is 2.03 bits per heavy atom. The fourth-order valence-corrected chi connectivity index (χ4v) is 4.13. The molecule has 2 N–H and O–H groups in total. The summed E-state index contributed by atoms with van der Waals surface area (Å²) in [6.45, 7) is 6.80. The van der Waals surface area contributed by atoms with Crippen molar-refractivity contribution in [3.63, 3.8) is 0 Å². The van der Waals surface area contributed by atoms with Gasteiger partial charge in [0.1, 0.15) is 5.75 Å². The van der Waals surface area contributed by atoms with Crippen LogP contribution in [0.5, 0.6) is 5.75 Å². The van der Waals surface area contributed by atoms with Gasteiger partial charge in [-0.2, -0.15) is 0 Å². The van der Waals surface area contributed by atoms with Gasteiger partial charge in [-0.1, -0.05) is 31.5 Å². The number of hydrogen-bond acceptors (Lipinski definition) is 5. The monoisotopic (exact) mass is 465 g/mol. The number of nitrogens with zero attached hydrogens (tertiary/aromatic N) is 1. The third kappa shape index (κ3) is 7.09. The topological polar surface area (TPSA) is 79.9 Å². The smallest absolute Gasteiger partial charge is 0.227 e. The first-order chi connectivity index (χ1) is 15.4. The van der Waals surface area contributed by atoms with Crippen LogP contribution >= 0.6 is 11.6 Å². The Hall–Kier alpha value is -1.83. The minimum atomic E-state index is -0.140. The molecular formula is C24H36ClN3O4. The molecule has 0 aromatic heterocycles. The van der Waals surface area contributed by atoms with Crippen LogP contribution in [0.3, 0.4) is 0 Å². The number of carbonyl (C=O) groups is 2. The molecule has 0 radical (unpaired) electrons. The van der Waals surface area contributed by atoms with Gasteiger partial charge in [0.2, 0.25) is 11.8 Å². The largest absolute Gasteiger partial charge is 0.492 e. The molecule has 178 valence electrons. The molecule has 1 aliphatic carbocycles. The van der Waals surface area contributed by atoms with E-state index in [9.17, 15) is 9.59 Å². The number of benzene rings is 1. The number of rotatable bonds is 11. The summed E-state index contributed by atoms with van der Waals surface area (Å²) < 4.78 is 10.9. The fraction of sp³-hybridized carbons (Fsp3) is 0.667. The molecule has 1 saturated heterocycles. The Morgan fingerprint density at radius 3 is 2.72 bits per heavy atom. The summed E-state index contributed by atoms with van der Waals surface area (Å²) in [6, 6.07) is 5.99. The van der Waals surface area contributed by atoms with E-state index in [-0.39, 0.29) is 35.7 Å². The number of methoxy groups -OCH3 is 1. The molecule has 0 spiro atoms. The molecule has 2 unspecified atom stereocenters. The first-order valence-electron chi connectivity index (χ1n) is 11.6. The van der Waals surface area contributed by atoms with E-state index >= 15 is 0 Å². The maximum Gasteiger partial charge on any atom is 0.227 e. The standard InChI is InChI=1S/C24H36ClN3O4/c1-16(2)23(29)27-19-12-18(13-26-14-19)24(30)28(20-6-7-20)15-17-5-8-21(25)22(11-17)32-10-4-9-31-3/h5,8,11,16,18-20,26H,4,6-7,9-10,12-15H2,1-3H3,(H,27,29). The minimum Gasteiger partial charge on any atom is -0.492 e. The van der Waals surface area contributed by atoms with Gasteiger partial charge < -0.3 is 25.0 Å². The zero-order valence-corrected chi connectivity index (χ0v) is 20.1. The van der Waals surface area contributed by atoms with Gasteiger partial charge in [0.15, 0.2) is 0 Å². The van der Waals surface area contributed by atoms with Crippen molar-refractivity contribution >= 4 is 23.4 Å². The lowest BCUT2D eigenvalue weighted by Crippen LogP contribution is -2.53. The third-order valence-corrected chi connectivity index (χ3v) is 6.25. The van der Waals surface area contributed by atoms with Crippen LogP contribution in [0.15, 0.2) is 18.2 Å². The van der Waals surface area contributed by atoms with Crippen LogP contribution in [0.25, 0.3) is 0 Å². The number of amides is 2. The van der Waals surface area contributed by atoms with E-state index < -0.39 is 0 Å². The van der Waals surface area contributed by atoms with Gasteiger partial charge in [-0.3, -0.25) is 9.59 Å². The maximum atomic E-state index is 13.4. The Kier molecular flexibility index (Phi) is 9.20. The van der Waals surface area contributed by atoms with E-state index in [0.29, 0.717) is 50.0 Å². The molecule has 1 heterocycles. The highest BCUT2D eigenvalue weighted by Gasteiger charge is 2.38. The normalized spacial score (nSPS) is 20.8. The van der Waals surface area contributed by atoms with Crippen molar-refractivity contribution in [2.45, 2.75) is 58.2 Å². The quantitative estimate of drug-likeness (QED) is 0.491. The van der Waals surface area contributed by atoms with Crippen LogP contribution in [-0.4, -0.2) is 62.2 Å². The molecule has 3 rings (SSSR count). The zero-order valence-electron chi connectivity index (χ0n) is 19.4. The lowest BCUT2D eigenvalue weighted by Gasteiger charge is -2.34. The summed E-state index contributed by atoms with van der Waals surface area (Å²) in [5.74, 6) is 0.618. The van der Waals surface area contributed by atoms with Crippen molar-refractivity contribution in [1.82, 2.24) is 15.5 Å². The Morgan fingerprint density at radius 1 is 1.25 bits per heavy atom. The first kappa shape index (κ1) is 24.8. The van der Waals surface area contributed by atoms with Crippen LogP contribution in [-0.2, 0) is 20.9 Å². The number of halogens is 1. The second kappa shape index (κ2) is 11.9. The fourth-order valence-electron chi connectivity index (χ4n) is 3.95. The molecule has 8 heteroatoms.